The SMILES string of the molecule is C=C(F)C(=O)OCCCCOC(=O)CCc1ccc(C(=O)Oc2ccc(-c3ccc(CCc4ccc(OCCOC(=O)C(=C)C(F)(F)F)cc4)cc3)c3sc(Nc4ccc5nc(CCOC)ncc5c4)nc23)cc1. The number of hydrogen-bond donors (Lipinski definition) is 1. The van der Waals surface area contributed by atoms with Crippen molar-refractivity contribution in [3.63, 3.8) is 0 Å². The van der Waals surface area contributed by atoms with Crippen LogP contribution in [0.25, 0.3) is 32.2 Å². The number of nitrogens with one attached hydrogen (secondary N) is 1. The van der Waals surface area contributed by atoms with Crippen LogP contribution in [0.5, 0.6) is 11.5 Å². The molecule has 7 rings (SSSR count). The maximum Gasteiger partial charge on any atom is 0.422 e. The summed E-state index contributed by atoms with van der Waals surface area (Å²) in [4.78, 5) is 62.7. The molecule has 0 amide bonds. The van der Waals surface area contributed by atoms with E-state index >= 15 is 0 Å². The summed E-state index contributed by atoms with van der Waals surface area (Å²) in [6, 6.07) is 31.5. The number of benzene rings is 5. The van der Waals surface area contributed by atoms with Crippen LogP contribution in [0.3, 0.4) is 0 Å². The summed E-state index contributed by atoms with van der Waals surface area (Å²) in [6.45, 7) is 5.72. The third-order valence-corrected chi connectivity index (χ3v) is 12.3. The Balaban J connectivity index is 0.998. The van der Waals surface area contributed by atoms with E-state index in [1.54, 1.807) is 55.8 Å². The van der Waals surface area contributed by atoms with Gasteiger partial charge in [0.1, 0.15) is 35.9 Å². The number of fused-ring (bicyclic) bond motifs is 2. The van der Waals surface area contributed by atoms with Crippen LogP contribution in [-0.4, -0.2) is 85.1 Å². The molecule has 19 heteroatoms. The topological polar surface area (TPSA) is 174 Å². The number of aromatic nitrogens is 3. The maximum absolute atomic E-state index is 13.6. The molecule has 14 nitrogen and oxygen atoms in total. The third kappa shape index (κ3) is 15.2. The fourth-order valence-corrected chi connectivity index (χ4v) is 8.28. The summed E-state index contributed by atoms with van der Waals surface area (Å²) in [5.41, 5.74) is 5.44. The van der Waals surface area contributed by atoms with E-state index in [0.717, 1.165) is 55.5 Å². The van der Waals surface area contributed by atoms with E-state index in [-0.39, 0.29) is 38.6 Å². The first-order valence-corrected chi connectivity index (χ1v) is 24.1. The van der Waals surface area contributed by atoms with Crippen molar-refractivity contribution in [1.82, 2.24) is 15.0 Å². The number of alkyl halides is 3. The standard InChI is InChI=1S/C55H50F4N4O10S/c1-34(55(57,58)59)51(65)72-31-30-69-43-20-12-37(13-21-43)7-6-36-8-15-39(16-9-36)44-22-24-46(49-50(44)74-54(63-49)61-42-19-23-45-41(32-42)33-60-47(62-45)26-29-68-3)73-53(67)40-17-10-38(11-18-40)14-25-48(64)70-27-4-5-28-71-52(66)35(2)56/h8-13,15-24,32-33H,1-2,4-7,14,25-31H2,3H3,(H,61,63). The molecule has 1 N–H and O–H groups in total. The minimum Gasteiger partial charge on any atom is -0.490 e. The molecule has 0 fully saturated rings. The number of rotatable bonds is 25. The molecular weight excluding hydrogens is 985 g/mol. The van der Waals surface area contributed by atoms with Crippen molar-refractivity contribution in [2.75, 3.05) is 45.5 Å². The van der Waals surface area contributed by atoms with Crippen molar-refractivity contribution in [2.24, 2.45) is 0 Å². The molecule has 0 aliphatic heterocycles. The molecule has 0 aliphatic rings. The summed E-state index contributed by atoms with van der Waals surface area (Å²) in [5.74, 6) is -3.42. The van der Waals surface area contributed by atoms with Crippen LogP contribution in [0, 0.1) is 0 Å². The molecule has 0 radical (unpaired) electrons. The van der Waals surface area contributed by atoms with Crippen molar-refractivity contribution in [3.05, 3.63) is 162 Å². The van der Waals surface area contributed by atoms with Gasteiger partial charge in [0.2, 0.25) is 5.83 Å². The zero-order valence-corrected chi connectivity index (χ0v) is 41.0. The number of thiazole rings is 1. The van der Waals surface area contributed by atoms with E-state index in [1.165, 1.54) is 11.3 Å². The first kappa shape index (κ1) is 53.8. The molecule has 0 bridgehead atoms. The molecule has 0 aliphatic carbocycles. The molecule has 5 aromatic carbocycles. The minimum absolute atomic E-state index is 0.0143. The van der Waals surface area contributed by atoms with Gasteiger partial charge in [0.15, 0.2) is 10.9 Å². The number of ether oxygens (including phenoxy) is 6. The fraction of sp³-hybridized carbons (Fsp3) is 0.255. The number of carbonyl (C=O) groups is 4. The lowest BCUT2D eigenvalue weighted by Crippen LogP contribution is -2.22. The van der Waals surface area contributed by atoms with Crippen LogP contribution in [0.1, 0.15) is 52.1 Å². The number of esters is 4. The van der Waals surface area contributed by atoms with Crippen LogP contribution >= 0.6 is 11.3 Å². The number of nitrogens with zero attached hydrogens (tertiary/aromatic N) is 3. The Bertz CT molecular complexity index is 3130. The van der Waals surface area contributed by atoms with Crippen LogP contribution in [-0.2, 0) is 59.0 Å². The molecule has 74 heavy (non-hydrogen) atoms. The highest BCUT2D eigenvalue weighted by atomic mass is 32.1. The highest BCUT2D eigenvalue weighted by Gasteiger charge is 2.38. The number of carbonyl (C=O) groups excluding carboxylic acids is 4. The second kappa shape index (κ2) is 25.6. The van der Waals surface area contributed by atoms with Crippen LogP contribution < -0.4 is 14.8 Å². The summed E-state index contributed by atoms with van der Waals surface area (Å²) in [6.07, 6.45) is 0.243. The molecule has 2 heterocycles. The lowest BCUT2D eigenvalue weighted by molar-refractivity contribution is -0.151. The average Bonchev–Trinajstić information content (AvgIpc) is 3.83. The minimum atomic E-state index is -4.86. The van der Waals surface area contributed by atoms with Gasteiger partial charge in [0.25, 0.3) is 0 Å². The summed E-state index contributed by atoms with van der Waals surface area (Å²) in [5, 5.41) is 4.80. The summed E-state index contributed by atoms with van der Waals surface area (Å²) >= 11 is 1.40. The number of aryl methyl sites for hydroxylation is 3. The number of halogens is 4. The van der Waals surface area contributed by atoms with E-state index in [1.807, 2.05) is 60.7 Å². The highest BCUT2D eigenvalue weighted by molar-refractivity contribution is 7.22. The maximum atomic E-state index is 13.6. The van der Waals surface area contributed by atoms with E-state index in [4.69, 9.17) is 23.9 Å². The first-order chi connectivity index (χ1) is 35.6. The Morgan fingerprint density at radius 2 is 1.36 bits per heavy atom. The Kier molecular flexibility index (Phi) is 18.6. The van der Waals surface area contributed by atoms with Crippen molar-refractivity contribution in [3.8, 4) is 22.6 Å². The predicted octanol–water partition coefficient (Wildman–Crippen LogP) is 11.2. The molecule has 7 aromatic rings. The molecule has 2 aromatic heterocycles. The van der Waals surface area contributed by atoms with Crippen LogP contribution in [0.4, 0.5) is 28.4 Å². The van der Waals surface area contributed by atoms with Gasteiger partial charge < -0.3 is 33.7 Å². The number of unbranched alkanes of at least 4 members (excludes halogenated alkanes) is 1. The molecule has 0 saturated carbocycles. The summed E-state index contributed by atoms with van der Waals surface area (Å²) < 4.78 is 82.6. The predicted molar refractivity (Wildman–Crippen MR) is 270 cm³/mol. The quantitative estimate of drug-likeness (QED) is 0.0143. The summed E-state index contributed by atoms with van der Waals surface area (Å²) in [7, 11) is 1.63. The van der Waals surface area contributed by atoms with Gasteiger partial charge in [-0.25, -0.2) is 29.3 Å². The first-order valence-electron chi connectivity index (χ1n) is 23.3. The highest BCUT2D eigenvalue weighted by Crippen LogP contribution is 2.41. The zero-order chi connectivity index (χ0) is 52.6. The number of hydrogen-bond acceptors (Lipinski definition) is 15. The monoisotopic (exact) mass is 1030 g/mol. The Morgan fingerprint density at radius 1 is 0.703 bits per heavy atom. The Morgan fingerprint density at radius 3 is 2.05 bits per heavy atom. The van der Waals surface area contributed by atoms with Crippen LogP contribution in [0.2, 0.25) is 0 Å². The van der Waals surface area contributed by atoms with E-state index in [2.05, 4.69) is 37.9 Å². The number of anilines is 2. The normalized spacial score (nSPS) is 11.3. The van der Waals surface area contributed by atoms with E-state index in [9.17, 15) is 36.7 Å². The lowest BCUT2D eigenvalue weighted by atomic mass is 10.00. The third-order valence-electron chi connectivity index (χ3n) is 11.2. The van der Waals surface area contributed by atoms with Gasteiger partial charge in [-0.2, -0.15) is 17.6 Å². The zero-order valence-electron chi connectivity index (χ0n) is 40.1. The molecule has 0 unspecified atom stereocenters. The van der Waals surface area contributed by atoms with Gasteiger partial charge in [-0.05, 0) is 109 Å². The van der Waals surface area contributed by atoms with E-state index < -0.39 is 41.5 Å². The largest absolute Gasteiger partial charge is 0.490 e. The van der Waals surface area contributed by atoms with Gasteiger partial charge in [-0.3, -0.25) is 4.79 Å². The van der Waals surface area contributed by atoms with Crippen molar-refractivity contribution < 1.29 is 65.2 Å². The van der Waals surface area contributed by atoms with Gasteiger partial charge >= 0.3 is 30.1 Å². The second-order valence-electron chi connectivity index (χ2n) is 16.6. The van der Waals surface area contributed by atoms with Gasteiger partial charge in [-0.1, -0.05) is 73.0 Å². The molecular formula is C55H50F4N4O10S. The molecule has 0 saturated heterocycles. The van der Waals surface area contributed by atoms with Gasteiger partial charge in [0.05, 0.1) is 35.6 Å². The van der Waals surface area contributed by atoms with Crippen molar-refractivity contribution >= 4 is 67.2 Å². The fourth-order valence-electron chi connectivity index (χ4n) is 7.24. The van der Waals surface area contributed by atoms with E-state index in [0.29, 0.717) is 66.5 Å². The van der Waals surface area contributed by atoms with Crippen molar-refractivity contribution in [2.45, 2.75) is 51.1 Å². The van der Waals surface area contributed by atoms with Gasteiger partial charge in [-0.15, -0.1) is 0 Å². The second-order valence-corrected chi connectivity index (χ2v) is 17.6. The molecule has 384 valence electrons. The molecule has 0 atom stereocenters. The van der Waals surface area contributed by atoms with Gasteiger partial charge in [0, 0.05) is 42.8 Å². The number of methoxy groups -OCH3 is 1. The average molecular weight is 1040 g/mol. The van der Waals surface area contributed by atoms with Crippen LogP contribution in [0.15, 0.2) is 134 Å². The Labute approximate surface area is 427 Å². The van der Waals surface area contributed by atoms with Crippen molar-refractivity contribution in [1.29, 1.82) is 0 Å². The Hall–Kier alpha value is -8.03. The molecule has 0 spiro atoms. The smallest absolute Gasteiger partial charge is 0.422 e. The lowest BCUT2D eigenvalue weighted by Gasteiger charge is -2.11.